The van der Waals surface area contributed by atoms with E-state index < -0.39 is 4.92 Å². The molecule has 0 saturated carbocycles. The highest BCUT2D eigenvalue weighted by Gasteiger charge is 2.14. The predicted molar refractivity (Wildman–Crippen MR) is 76.3 cm³/mol. The maximum atomic E-state index is 10.8. The molecule has 0 spiro atoms. The number of hydrogen-bond donors (Lipinski definition) is 0. The summed E-state index contributed by atoms with van der Waals surface area (Å²) >= 11 is 0. The SMILES string of the molecule is Cc1cc(Oc2cc([N+](=O)[O-])ccc2C)c(C#N)c(C)n1. The standard InChI is InChI=1S/C15H13N3O3/c1-9-4-5-12(18(19)20)7-14(9)21-15-6-10(2)17-11(3)13(15)8-16/h4-7H,1-3H3. The van der Waals surface area contributed by atoms with Crippen LogP contribution in [0.2, 0.25) is 0 Å². The van der Waals surface area contributed by atoms with Crippen LogP contribution in [0.1, 0.15) is 22.5 Å². The fraction of sp³-hybridized carbons (Fsp3) is 0.200. The molecule has 6 nitrogen and oxygen atoms in total. The highest BCUT2D eigenvalue weighted by Crippen LogP contribution is 2.31. The first-order valence-electron chi connectivity index (χ1n) is 6.23. The molecule has 21 heavy (non-hydrogen) atoms. The van der Waals surface area contributed by atoms with Crippen LogP contribution in [0.25, 0.3) is 0 Å². The molecule has 0 saturated heterocycles. The lowest BCUT2D eigenvalue weighted by Crippen LogP contribution is -1.98. The summed E-state index contributed by atoms with van der Waals surface area (Å²) in [6.07, 6.45) is 0. The van der Waals surface area contributed by atoms with Crippen molar-refractivity contribution in [2.24, 2.45) is 0 Å². The third-order valence-corrected chi connectivity index (χ3v) is 3.01. The molecule has 0 amide bonds. The van der Waals surface area contributed by atoms with Gasteiger partial charge in [0.05, 0.1) is 16.7 Å². The number of aryl methyl sites for hydroxylation is 3. The molecule has 1 heterocycles. The number of hydrogen-bond acceptors (Lipinski definition) is 5. The van der Waals surface area contributed by atoms with Crippen LogP contribution in [0.4, 0.5) is 5.69 Å². The predicted octanol–water partition coefficient (Wildman–Crippen LogP) is 3.58. The average molecular weight is 283 g/mol. The molecule has 0 aliphatic heterocycles. The Labute approximate surface area is 121 Å². The van der Waals surface area contributed by atoms with E-state index in [9.17, 15) is 15.4 Å². The lowest BCUT2D eigenvalue weighted by Gasteiger charge is -2.11. The minimum atomic E-state index is -0.486. The van der Waals surface area contributed by atoms with Gasteiger partial charge in [-0.3, -0.25) is 15.1 Å². The van der Waals surface area contributed by atoms with Gasteiger partial charge in [0.15, 0.2) is 0 Å². The summed E-state index contributed by atoms with van der Waals surface area (Å²) in [6.45, 7) is 5.30. The van der Waals surface area contributed by atoms with E-state index in [0.717, 1.165) is 5.56 Å². The van der Waals surface area contributed by atoms with Gasteiger partial charge in [-0.05, 0) is 32.4 Å². The van der Waals surface area contributed by atoms with Gasteiger partial charge >= 0.3 is 0 Å². The Morgan fingerprint density at radius 1 is 1.24 bits per heavy atom. The van der Waals surface area contributed by atoms with Crippen LogP contribution in [0.3, 0.4) is 0 Å². The number of aromatic nitrogens is 1. The van der Waals surface area contributed by atoms with Gasteiger partial charge in [0.1, 0.15) is 23.1 Å². The molecule has 0 bridgehead atoms. The number of nitriles is 1. The molecule has 1 aromatic heterocycles. The van der Waals surface area contributed by atoms with E-state index in [2.05, 4.69) is 4.98 Å². The number of nitrogens with zero attached hydrogens (tertiary/aromatic N) is 3. The molecule has 2 rings (SSSR count). The summed E-state index contributed by atoms with van der Waals surface area (Å²) in [6, 6.07) is 8.06. The highest BCUT2D eigenvalue weighted by atomic mass is 16.6. The molecule has 106 valence electrons. The van der Waals surface area contributed by atoms with E-state index >= 15 is 0 Å². The molecule has 0 radical (unpaired) electrons. The summed E-state index contributed by atoms with van der Waals surface area (Å²) in [7, 11) is 0. The third-order valence-electron chi connectivity index (χ3n) is 3.01. The van der Waals surface area contributed by atoms with Crippen molar-refractivity contribution in [3.8, 4) is 17.6 Å². The maximum Gasteiger partial charge on any atom is 0.273 e. The molecule has 0 fully saturated rings. The average Bonchev–Trinajstić information content (AvgIpc) is 2.40. The van der Waals surface area contributed by atoms with Crippen molar-refractivity contribution in [2.45, 2.75) is 20.8 Å². The minimum Gasteiger partial charge on any atom is -0.455 e. The van der Waals surface area contributed by atoms with Crippen molar-refractivity contribution in [1.29, 1.82) is 5.26 Å². The Bertz CT molecular complexity index is 763. The maximum absolute atomic E-state index is 10.8. The van der Waals surface area contributed by atoms with Crippen molar-refractivity contribution >= 4 is 5.69 Å². The van der Waals surface area contributed by atoms with Crippen LogP contribution >= 0.6 is 0 Å². The molecule has 0 aliphatic rings. The van der Waals surface area contributed by atoms with Gasteiger partial charge in [-0.1, -0.05) is 0 Å². The van der Waals surface area contributed by atoms with Gasteiger partial charge in [0, 0.05) is 17.8 Å². The zero-order chi connectivity index (χ0) is 15.6. The molecular weight excluding hydrogens is 270 g/mol. The topological polar surface area (TPSA) is 89.0 Å². The molecule has 0 aliphatic carbocycles. The van der Waals surface area contributed by atoms with Crippen LogP contribution in [-0.4, -0.2) is 9.91 Å². The summed E-state index contributed by atoms with van der Waals surface area (Å²) in [5, 5.41) is 20.0. The van der Waals surface area contributed by atoms with Crippen molar-refractivity contribution in [3.05, 3.63) is 56.9 Å². The van der Waals surface area contributed by atoms with Crippen molar-refractivity contribution in [1.82, 2.24) is 4.98 Å². The van der Waals surface area contributed by atoms with Gasteiger partial charge in [-0.15, -0.1) is 0 Å². The smallest absolute Gasteiger partial charge is 0.273 e. The number of benzene rings is 1. The van der Waals surface area contributed by atoms with Crippen LogP contribution in [-0.2, 0) is 0 Å². The fourth-order valence-electron chi connectivity index (χ4n) is 1.94. The van der Waals surface area contributed by atoms with Gasteiger partial charge in [0.25, 0.3) is 5.69 Å². The summed E-state index contributed by atoms with van der Waals surface area (Å²) in [5.74, 6) is 0.705. The zero-order valence-electron chi connectivity index (χ0n) is 11.9. The zero-order valence-corrected chi connectivity index (χ0v) is 11.9. The lowest BCUT2D eigenvalue weighted by molar-refractivity contribution is -0.384. The van der Waals surface area contributed by atoms with Gasteiger partial charge in [-0.2, -0.15) is 5.26 Å². The van der Waals surface area contributed by atoms with Gasteiger partial charge in [0.2, 0.25) is 0 Å². The van der Waals surface area contributed by atoms with Crippen molar-refractivity contribution in [3.63, 3.8) is 0 Å². The number of pyridine rings is 1. The van der Waals surface area contributed by atoms with Crippen LogP contribution < -0.4 is 4.74 Å². The Morgan fingerprint density at radius 3 is 2.57 bits per heavy atom. The number of nitro groups is 1. The molecule has 6 heteroatoms. The van der Waals surface area contributed by atoms with E-state index in [1.807, 2.05) is 6.07 Å². The summed E-state index contributed by atoms with van der Waals surface area (Å²) in [5.41, 5.74) is 2.29. The van der Waals surface area contributed by atoms with E-state index in [1.54, 1.807) is 32.9 Å². The third kappa shape index (κ3) is 2.98. The molecular formula is C15H13N3O3. The second-order valence-corrected chi connectivity index (χ2v) is 4.64. The van der Waals surface area contributed by atoms with E-state index in [1.165, 1.54) is 12.1 Å². The first-order valence-corrected chi connectivity index (χ1v) is 6.23. The highest BCUT2D eigenvalue weighted by molar-refractivity contribution is 5.51. The second kappa shape index (κ2) is 5.59. The monoisotopic (exact) mass is 283 g/mol. The van der Waals surface area contributed by atoms with Crippen LogP contribution in [0.15, 0.2) is 24.3 Å². The Hall–Kier alpha value is -2.94. The van der Waals surface area contributed by atoms with E-state index in [-0.39, 0.29) is 5.69 Å². The second-order valence-electron chi connectivity index (χ2n) is 4.64. The Kier molecular flexibility index (Phi) is 3.85. The first kappa shape index (κ1) is 14.5. The molecule has 0 unspecified atom stereocenters. The number of rotatable bonds is 3. The quantitative estimate of drug-likeness (QED) is 0.634. The number of ether oxygens (including phenoxy) is 1. The summed E-state index contributed by atoms with van der Waals surface area (Å²) < 4.78 is 5.72. The Balaban J connectivity index is 2.50. The molecule has 2 aromatic rings. The molecule has 0 N–H and O–H groups in total. The van der Waals surface area contributed by atoms with Gasteiger partial charge < -0.3 is 4.74 Å². The Morgan fingerprint density at radius 2 is 1.95 bits per heavy atom. The van der Waals surface area contributed by atoms with E-state index in [4.69, 9.17) is 4.74 Å². The number of non-ortho nitro benzene ring substituents is 1. The summed E-state index contributed by atoms with van der Waals surface area (Å²) in [4.78, 5) is 14.6. The molecule has 1 aromatic carbocycles. The minimum absolute atomic E-state index is 0.0587. The van der Waals surface area contributed by atoms with Crippen molar-refractivity contribution in [2.75, 3.05) is 0 Å². The molecule has 0 atom stereocenters. The van der Waals surface area contributed by atoms with Gasteiger partial charge in [-0.25, -0.2) is 0 Å². The normalized spacial score (nSPS) is 10.0. The van der Waals surface area contributed by atoms with Crippen LogP contribution in [0, 0.1) is 42.2 Å². The number of nitro benzene ring substituents is 1. The van der Waals surface area contributed by atoms with E-state index in [0.29, 0.717) is 28.5 Å². The lowest BCUT2D eigenvalue weighted by atomic mass is 10.1. The van der Waals surface area contributed by atoms with Crippen LogP contribution in [0.5, 0.6) is 11.5 Å². The first-order chi connectivity index (χ1) is 9.92. The fourth-order valence-corrected chi connectivity index (χ4v) is 1.94. The van der Waals surface area contributed by atoms with Crippen molar-refractivity contribution < 1.29 is 9.66 Å². The largest absolute Gasteiger partial charge is 0.455 e.